The van der Waals surface area contributed by atoms with Gasteiger partial charge in [0.2, 0.25) is 0 Å². The molecule has 1 aromatic carbocycles. The van der Waals surface area contributed by atoms with Crippen LogP contribution in [0, 0.1) is 5.92 Å². The number of nitrogens with two attached hydrogens (primary N) is 1. The van der Waals surface area contributed by atoms with E-state index in [9.17, 15) is 8.42 Å². The van der Waals surface area contributed by atoms with E-state index in [4.69, 9.17) is 10.6 Å². The summed E-state index contributed by atoms with van der Waals surface area (Å²) < 4.78 is 29.2. The Kier molecular flexibility index (Phi) is 4.31. The normalized spacial score (nSPS) is 29.0. The van der Waals surface area contributed by atoms with Crippen LogP contribution in [0.25, 0.3) is 0 Å². The van der Waals surface area contributed by atoms with Crippen LogP contribution < -0.4 is 11.3 Å². The monoisotopic (exact) mass is 310 g/mol. The van der Waals surface area contributed by atoms with Crippen molar-refractivity contribution in [2.75, 3.05) is 18.1 Å². The summed E-state index contributed by atoms with van der Waals surface area (Å²) in [5.41, 5.74) is 5.35. The van der Waals surface area contributed by atoms with Crippen molar-refractivity contribution in [1.29, 1.82) is 0 Å². The van der Waals surface area contributed by atoms with Crippen LogP contribution in [0.2, 0.25) is 0 Å². The number of rotatable bonds is 4. The van der Waals surface area contributed by atoms with Crippen LogP contribution in [0.4, 0.5) is 0 Å². The highest BCUT2D eigenvalue weighted by Gasteiger charge is 2.35. The molecule has 2 aliphatic rings. The van der Waals surface area contributed by atoms with E-state index in [0.717, 1.165) is 6.42 Å². The van der Waals surface area contributed by atoms with Crippen molar-refractivity contribution in [2.24, 2.45) is 11.8 Å². The molecule has 3 N–H and O–H groups in total. The standard InChI is InChI=1S/C15H22N2O3S/c16-17-14(12-6-8-21(18,19)10-12)9-15-13-4-2-1-3-11(13)5-7-20-15/h1-4,12,14-15,17H,5-10,16H2. The number of nitrogens with one attached hydrogen (secondary N) is 1. The first-order valence-electron chi connectivity index (χ1n) is 7.45. The highest BCUT2D eigenvalue weighted by Crippen LogP contribution is 2.33. The lowest BCUT2D eigenvalue weighted by atomic mass is 9.89. The molecule has 0 amide bonds. The zero-order valence-electron chi connectivity index (χ0n) is 12.0. The third-order valence-corrected chi connectivity index (χ3v) is 6.40. The zero-order valence-corrected chi connectivity index (χ0v) is 12.8. The van der Waals surface area contributed by atoms with Crippen LogP contribution in [0.1, 0.15) is 30.1 Å². The van der Waals surface area contributed by atoms with Gasteiger partial charge in [-0.05, 0) is 36.3 Å². The van der Waals surface area contributed by atoms with Gasteiger partial charge in [0.15, 0.2) is 9.84 Å². The molecule has 3 unspecified atom stereocenters. The van der Waals surface area contributed by atoms with E-state index in [1.54, 1.807) is 0 Å². The van der Waals surface area contributed by atoms with Crippen molar-refractivity contribution < 1.29 is 13.2 Å². The number of benzene rings is 1. The molecule has 0 radical (unpaired) electrons. The first kappa shape index (κ1) is 15.0. The largest absolute Gasteiger partial charge is 0.373 e. The molecule has 3 atom stereocenters. The summed E-state index contributed by atoms with van der Waals surface area (Å²) in [6, 6.07) is 8.27. The molecular formula is C15H22N2O3S. The number of ether oxygens (including phenoxy) is 1. The second-order valence-electron chi connectivity index (χ2n) is 5.98. The van der Waals surface area contributed by atoms with Gasteiger partial charge < -0.3 is 4.74 Å². The van der Waals surface area contributed by atoms with E-state index < -0.39 is 9.84 Å². The lowest BCUT2D eigenvalue weighted by molar-refractivity contribution is 0.0253. The molecule has 1 saturated heterocycles. The van der Waals surface area contributed by atoms with Crippen molar-refractivity contribution in [3.63, 3.8) is 0 Å². The smallest absolute Gasteiger partial charge is 0.150 e. The average molecular weight is 310 g/mol. The maximum Gasteiger partial charge on any atom is 0.150 e. The number of hydrazine groups is 1. The number of hydrogen-bond acceptors (Lipinski definition) is 5. The molecule has 0 bridgehead atoms. The molecule has 0 spiro atoms. The Balaban J connectivity index is 1.74. The molecule has 2 aliphatic heterocycles. The Morgan fingerprint density at radius 2 is 2.19 bits per heavy atom. The Hall–Kier alpha value is -0.950. The Labute approximate surface area is 125 Å². The fourth-order valence-electron chi connectivity index (χ4n) is 3.44. The molecule has 5 nitrogen and oxygen atoms in total. The zero-order chi connectivity index (χ0) is 14.9. The molecule has 0 aliphatic carbocycles. The van der Waals surface area contributed by atoms with Gasteiger partial charge in [-0.25, -0.2) is 8.42 Å². The van der Waals surface area contributed by atoms with E-state index in [1.165, 1.54) is 11.1 Å². The lowest BCUT2D eigenvalue weighted by Gasteiger charge is -2.31. The maximum atomic E-state index is 11.7. The van der Waals surface area contributed by atoms with Crippen LogP contribution in [0.5, 0.6) is 0 Å². The third-order valence-electron chi connectivity index (χ3n) is 4.61. The Morgan fingerprint density at radius 3 is 2.90 bits per heavy atom. The second-order valence-corrected chi connectivity index (χ2v) is 8.21. The summed E-state index contributed by atoms with van der Waals surface area (Å²) in [4.78, 5) is 0. The first-order chi connectivity index (χ1) is 10.1. The van der Waals surface area contributed by atoms with Crippen LogP contribution in [-0.4, -0.2) is 32.6 Å². The molecule has 1 aromatic rings. The minimum absolute atomic E-state index is 0.000644. The van der Waals surface area contributed by atoms with Crippen molar-refractivity contribution in [1.82, 2.24) is 5.43 Å². The highest BCUT2D eigenvalue weighted by atomic mass is 32.2. The number of fused-ring (bicyclic) bond motifs is 1. The van der Waals surface area contributed by atoms with Crippen molar-refractivity contribution in [3.05, 3.63) is 35.4 Å². The summed E-state index contributed by atoms with van der Waals surface area (Å²) in [6.07, 6.45) is 2.34. The molecule has 0 aromatic heterocycles. The summed E-state index contributed by atoms with van der Waals surface area (Å²) in [7, 11) is -2.89. The van der Waals surface area contributed by atoms with Crippen molar-refractivity contribution in [2.45, 2.75) is 31.4 Å². The maximum absolute atomic E-state index is 11.7. The third kappa shape index (κ3) is 3.29. The van der Waals surface area contributed by atoms with Gasteiger partial charge in [0.25, 0.3) is 0 Å². The van der Waals surface area contributed by atoms with Gasteiger partial charge in [-0.15, -0.1) is 0 Å². The van der Waals surface area contributed by atoms with E-state index >= 15 is 0 Å². The fourth-order valence-corrected chi connectivity index (χ4v) is 5.32. The van der Waals surface area contributed by atoms with E-state index in [1.807, 2.05) is 12.1 Å². The number of hydrogen-bond donors (Lipinski definition) is 2. The van der Waals surface area contributed by atoms with Crippen molar-refractivity contribution >= 4 is 9.84 Å². The first-order valence-corrected chi connectivity index (χ1v) is 9.27. The lowest BCUT2D eigenvalue weighted by Crippen LogP contribution is -2.43. The van der Waals surface area contributed by atoms with Crippen LogP contribution >= 0.6 is 0 Å². The molecule has 3 rings (SSSR count). The molecule has 0 saturated carbocycles. The fraction of sp³-hybridized carbons (Fsp3) is 0.600. The highest BCUT2D eigenvalue weighted by molar-refractivity contribution is 7.91. The average Bonchev–Trinajstić information content (AvgIpc) is 2.85. The number of sulfone groups is 1. The van der Waals surface area contributed by atoms with Gasteiger partial charge in [0.1, 0.15) is 0 Å². The van der Waals surface area contributed by atoms with Gasteiger partial charge in [-0.1, -0.05) is 24.3 Å². The molecular weight excluding hydrogens is 288 g/mol. The molecule has 116 valence electrons. The summed E-state index contributed by atoms with van der Waals surface area (Å²) in [5, 5.41) is 0. The van der Waals surface area contributed by atoms with Crippen LogP contribution in [0.15, 0.2) is 24.3 Å². The van der Waals surface area contributed by atoms with Crippen LogP contribution in [-0.2, 0) is 21.0 Å². The molecule has 21 heavy (non-hydrogen) atoms. The second kappa shape index (κ2) is 6.04. The van der Waals surface area contributed by atoms with Crippen LogP contribution in [0.3, 0.4) is 0 Å². The van der Waals surface area contributed by atoms with Gasteiger partial charge in [0.05, 0.1) is 24.2 Å². The van der Waals surface area contributed by atoms with Gasteiger partial charge in [0, 0.05) is 6.04 Å². The minimum Gasteiger partial charge on any atom is -0.373 e. The topological polar surface area (TPSA) is 81.4 Å². The predicted molar refractivity (Wildman–Crippen MR) is 81.3 cm³/mol. The van der Waals surface area contributed by atoms with Gasteiger partial charge in [-0.3, -0.25) is 11.3 Å². The van der Waals surface area contributed by atoms with Crippen molar-refractivity contribution in [3.8, 4) is 0 Å². The van der Waals surface area contributed by atoms with E-state index in [-0.39, 0.29) is 29.6 Å². The predicted octanol–water partition coefficient (Wildman–Crippen LogP) is 0.957. The summed E-state index contributed by atoms with van der Waals surface area (Å²) in [6.45, 7) is 0.710. The SMILES string of the molecule is NNC(CC1OCCc2ccccc21)C1CCS(=O)(=O)C1. The van der Waals surface area contributed by atoms with Gasteiger partial charge in [-0.2, -0.15) is 0 Å². The van der Waals surface area contributed by atoms with E-state index in [0.29, 0.717) is 19.4 Å². The summed E-state index contributed by atoms with van der Waals surface area (Å²) in [5.74, 6) is 6.27. The molecule has 2 heterocycles. The van der Waals surface area contributed by atoms with Gasteiger partial charge >= 0.3 is 0 Å². The Morgan fingerprint density at radius 1 is 1.38 bits per heavy atom. The Bertz CT molecular complexity index is 603. The minimum atomic E-state index is -2.89. The molecule has 6 heteroatoms. The van der Waals surface area contributed by atoms with E-state index in [2.05, 4.69) is 17.6 Å². The quantitative estimate of drug-likeness (QED) is 0.639. The summed E-state index contributed by atoms with van der Waals surface area (Å²) >= 11 is 0. The molecule has 1 fully saturated rings.